The van der Waals surface area contributed by atoms with Crippen LogP contribution in [0.5, 0.6) is 5.75 Å². The van der Waals surface area contributed by atoms with Gasteiger partial charge in [0, 0.05) is 11.4 Å². The first-order chi connectivity index (χ1) is 12.5. The van der Waals surface area contributed by atoms with Crippen LogP contribution in [0.25, 0.3) is 0 Å². The third-order valence-electron chi connectivity index (χ3n) is 3.86. The van der Waals surface area contributed by atoms with Crippen LogP contribution in [0.4, 0.5) is 4.39 Å². The molecule has 2 aromatic heterocycles. The molecule has 0 aliphatic rings. The Morgan fingerprint density at radius 1 is 1.23 bits per heavy atom. The van der Waals surface area contributed by atoms with Crippen molar-refractivity contribution in [3.05, 3.63) is 70.6 Å². The van der Waals surface area contributed by atoms with Crippen LogP contribution in [-0.2, 0) is 23.0 Å². The molecule has 5 nitrogen and oxygen atoms in total. The molecule has 0 aliphatic carbocycles. The van der Waals surface area contributed by atoms with Crippen molar-refractivity contribution >= 4 is 21.4 Å². The summed E-state index contributed by atoms with van der Waals surface area (Å²) < 4.78 is 51.6. The smallest absolute Gasteiger partial charge is 0.243 e. The van der Waals surface area contributed by atoms with Gasteiger partial charge in [0.25, 0.3) is 0 Å². The maximum absolute atomic E-state index is 14.0. The normalized spacial score (nSPS) is 11.8. The second-order valence-electron chi connectivity index (χ2n) is 5.54. The van der Waals surface area contributed by atoms with E-state index in [-0.39, 0.29) is 23.7 Å². The molecule has 3 aromatic rings. The van der Waals surface area contributed by atoms with Crippen LogP contribution in [0.15, 0.2) is 63.4 Å². The first kappa shape index (κ1) is 18.6. The van der Waals surface area contributed by atoms with Gasteiger partial charge in [0.2, 0.25) is 10.0 Å². The second kappa shape index (κ2) is 8.03. The van der Waals surface area contributed by atoms with Crippen LogP contribution in [0.3, 0.4) is 0 Å². The Balaban J connectivity index is 1.89. The maximum Gasteiger partial charge on any atom is 0.243 e. The number of halogens is 1. The summed E-state index contributed by atoms with van der Waals surface area (Å²) >= 11 is 1.57. The molecule has 2 heterocycles. The monoisotopic (exact) mass is 395 g/mol. The van der Waals surface area contributed by atoms with E-state index in [1.165, 1.54) is 29.8 Å². The molecule has 0 N–H and O–H groups in total. The minimum atomic E-state index is -3.90. The van der Waals surface area contributed by atoms with Gasteiger partial charge in [0.1, 0.15) is 5.76 Å². The lowest BCUT2D eigenvalue weighted by Gasteiger charge is -2.21. The van der Waals surface area contributed by atoms with E-state index in [1.807, 2.05) is 17.5 Å². The number of hydrogen-bond acceptors (Lipinski definition) is 5. The fraction of sp³-hybridized carbons (Fsp3) is 0.222. The molecule has 0 radical (unpaired) electrons. The largest absolute Gasteiger partial charge is 0.494 e. The van der Waals surface area contributed by atoms with Crippen molar-refractivity contribution in [1.29, 1.82) is 0 Å². The number of thiophene rings is 1. The van der Waals surface area contributed by atoms with E-state index in [1.54, 1.807) is 23.5 Å². The van der Waals surface area contributed by atoms with Crippen molar-refractivity contribution in [2.24, 2.45) is 0 Å². The van der Waals surface area contributed by atoms with E-state index < -0.39 is 15.8 Å². The Bertz CT molecular complexity index is 938. The van der Waals surface area contributed by atoms with Gasteiger partial charge in [-0.2, -0.15) is 4.31 Å². The molecule has 0 aliphatic heterocycles. The molecule has 0 saturated carbocycles. The molecule has 0 spiro atoms. The van der Waals surface area contributed by atoms with Crippen molar-refractivity contribution in [2.45, 2.75) is 17.9 Å². The summed E-state index contributed by atoms with van der Waals surface area (Å²) in [6.45, 7) is 0.339. The highest BCUT2D eigenvalue weighted by molar-refractivity contribution is 7.89. The van der Waals surface area contributed by atoms with Crippen molar-refractivity contribution in [1.82, 2.24) is 4.31 Å². The zero-order chi connectivity index (χ0) is 18.6. The van der Waals surface area contributed by atoms with Crippen LogP contribution in [0.2, 0.25) is 0 Å². The van der Waals surface area contributed by atoms with Crippen molar-refractivity contribution < 1.29 is 22.0 Å². The van der Waals surface area contributed by atoms with Crippen LogP contribution >= 0.6 is 11.3 Å². The summed E-state index contributed by atoms with van der Waals surface area (Å²) in [4.78, 5) is 0.957. The Morgan fingerprint density at radius 3 is 2.69 bits per heavy atom. The predicted molar refractivity (Wildman–Crippen MR) is 97.3 cm³/mol. The summed E-state index contributed by atoms with van der Waals surface area (Å²) in [6, 6.07) is 10.9. The first-order valence-electron chi connectivity index (χ1n) is 7.89. The minimum Gasteiger partial charge on any atom is -0.494 e. The van der Waals surface area contributed by atoms with E-state index in [0.717, 1.165) is 10.9 Å². The molecule has 0 unspecified atom stereocenters. The van der Waals surface area contributed by atoms with Crippen LogP contribution in [0, 0.1) is 5.82 Å². The minimum absolute atomic E-state index is 0.000111. The molecule has 3 rings (SSSR count). The zero-order valence-electron chi connectivity index (χ0n) is 14.1. The molecule has 0 fully saturated rings. The Morgan fingerprint density at radius 2 is 2.08 bits per heavy atom. The van der Waals surface area contributed by atoms with Crippen molar-refractivity contribution in [2.75, 3.05) is 13.7 Å². The Hall–Kier alpha value is -2.16. The molecular formula is C18H18FNO4S2. The first-order valence-corrected chi connectivity index (χ1v) is 10.2. The third kappa shape index (κ3) is 4.14. The van der Waals surface area contributed by atoms with E-state index in [9.17, 15) is 12.8 Å². The second-order valence-corrected chi connectivity index (χ2v) is 8.51. The van der Waals surface area contributed by atoms with Crippen molar-refractivity contribution in [3.63, 3.8) is 0 Å². The van der Waals surface area contributed by atoms with E-state index in [0.29, 0.717) is 12.2 Å². The molecule has 26 heavy (non-hydrogen) atoms. The van der Waals surface area contributed by atoms with Gasteiger partial charge in [0.15, 0.2) is 11.6 Å². The van der Waals surface area contributed by atoms with Gasteiger partial charge < -0.3 is 9.15 Å². The fourth-order valence-electron chi connectivity index (χ4n) is 2.51. The lowest BCUT2D eigenvalue weighted by molar-refractivity contribution is 0.365. The number of nitrogens with zero attached hydrogens (tertiary/aromatic N) is 1. The lowest BCUT2D eigenvalue weighted by Crippen LogP contribution is -2.32. The average Bonchev–Trinajstić information content (AvgIpc) is 3.32. The van der Waals surface area contributed by atoms with Gasteiger partial charge in [-0.25, -0.2) is 12.8 Å². The SMILES string of the molecule is COc1ccc(S(=O)(=O)N(CCc2cccs2)Cc2ccco2)cc1F. The fourth-order valence-corrected chi connectivity index (χ4v) is 4.62. The highest BCUT2D eigenvalue weighted by atomic mass is 32.2. The quantitative estimate of drug-likeness (QED) is 0.580. The zero-order valence-corrected chi connectivity index (χ0v) is 15.7. The number of sulfonamides is 1. The number of hydrogen-bond donors (Lipinski definition) is 0. The molecule has 0 saturated heterocycles. The molecule has 1 aromatic carbocycles. The van der Waals surface area contributed by atoms with Crippen LogP contribution in [0.1, 0.15) is 10.6 Å². The van der Waals surface area contributed by atoms with Gasteiger partial charge in [-0.15, -0.1) is 11.3 Å². The third-order valence-corrected chi connectivity index (χ3v) is 6.64. The Kier molecular flexibility index (Phi) is 5.75. The number of ether oxygens (including phenoxy) is 1. The molecule has 8 heteroatoms. The highest BCUT2D eigenvalue weighted by Gasteiger charge is 2.26. The molecular weight excluding hydrogens is 377 g/mol. The number of rotatable bonds is 8. The average molecular weight is 395 g/mol. The van der Waals surface area contributed by atoms with Gasteiger partial charge in [-0.1, -0.05) is 6.07 Å². The van der Waals surface area contributed by atoms with E-state index in [2.05, 4.69) is 0 Å². The summed E-state index contributed by atoms with van der Waals surface area (Å²) in [6.07, 6.45) is 2.06. The van der Waals surface area contributed by atoms with Crippen LogP contribution < -0.4 is 4.74 Å². The van der Waals surface area contributed by atoms with E-state index in [4.69, 9.17) is 9.15 Å². The van der Waals surface area contributed by atoms with Crippen molar-refractivity contribution in [3.8, 4) is 5.75 Å². The lowest BCUT2D eigenvalue weighted by atomic mass is 10.3. The molecule has 0 amide bonds. The molecule has 0 bridgehead atoms. The summed E-state index contributed by atoms with van der Waals surface area (Å²) in [5.74, 6) is -0.196. The molecule has 138 valence electrons. The summed E-state index contributed by atoms with van der Waals surface area (Å²) in [5, 5.41) is 1.94. The summed E-state index contributed by atoms with van der Waals surface area (Å²) in [7, 11) is -2.57. The number of methoxy groups -OCH3 is 1. The molecule has 0 atom stereocenters. The Labute approximate surface area is 155 Å². The van der Waals surface area contributed by atoms with Crippen LogP contribution in [-0.4, -0.2) is 26.4 Å². The predicted octanol–water partition coefficient (Wildman–Crippen LogP) is 3.92. The maximum atomic E-state index is 14.0. The standard InChI is InChI=1S/C18H18FNO4S2/c1-23-18-7-6-16(12-17(18)19)26(21,22)20(13-14-4-2-10-24-14)9-8-15-5-3-11-25-15/h2-7,10-12H,8-9,13H2,1H3. The van der Waals surface area contributed by atoms with Gasteiger partial charge in [-0.05, 0) is 48.2 Å². The number of furan rings is 1. The topological polar surface area (TPSA) is 59.8 Å². The van der Waals surface area contributed by atoms with Gasteiger partial charge >= 0.3 is 0 Å². The van der Waals surface area contributed by atoms with Gasteiger partial charge in [0.05, 0.1) is 24.8 Å². The summed E-state index contributed by atoms with van der Waals surface area (Å²) in [5.41, 5.74) is 0. The van der Waals surface area contributed by atoms with E-state index >= 15 is 0 Å². The highest BCUT2D eigenvalue weighted by Crippen LogP contribution is 2.25. The number of benzene rings is 1. The van der Waals surface area contributed by atoms with Gasteiger partial charge in [-0.3, -0.25) is 0 Å².